The number of carbonyl (C=O) groups is 1. The summed E-state index contributed by atoms with van der Waals surface area (Å²) in [5.74, 6) is -0.940. The first-order valence-electron chi connectivity index (χ1n) is 3.28. The third-order valence-electron chi connectivity index (χ3n) is 1.12. The Bertz CT molecular complexity index is 282. The highest BCUT2D eigenvalue weighted by atomic mass is 16.6. The van der Waals surface area contributed by atoms with E-state index < -0.39 is 23.1 Å². The molecule has 0 atom stereocenters. The van der Waals surface area contributed by atoms with Gasteiger partial charge in [-0.15, -0.1) is 0 Å². The van der Waals surface area contributed by atoms with Gasteiger partial charge in [0.1, 0.15) is 0 Å². The van der Waals surface area contributed by atoms with Crippen molar-refractivity contribution in [3.05, 3.63) is 21.8 Å². The summed E-state index contributed by atoms with van der Waals surface area (Å²) in [7, 11) is 0. The van der Waals surface area contributed by atoms with Crippen LogP contribution in [0.3, 0.4) is 0 Å². The molecule has 7 heteroatoms. The van der Waals surface area contributed by atoms with Gasteiger partial charge in [-0.3, -0.25) is 14.9 Å². The molecule has 0 aliphatic rings. The predicted octanol–water partition coefficient (Wildman–Crippen LogP) is -0.475. The number of primary amides is 1. The molecule has 0 radical (unpaired) electrons. The molecule has 7 nitrogen and oxygen atoms in total. The molecule has 0 aliphatic carbocycles. The van der Waals surface area contributed by atoms with Crippen LogP contribution < -0.4 is 5.73 Å². The highest BCUT2D eigenvalue weighted by Crippen LogP contribution is 1.94. The Morgan fingerprint density at radius 1 is 1.77 bits per heavy atom. The molecule has 0 fully saturated rings. The number of amides is 1. The van der Waals surface area contributed by atoms with Gasteiger partial charge >= 0.3 is 0 Å². The highest BCUT2D eigenvalue weighted by molar-refractivity contribution is 6.42. The number of hydrogen-bond donors (Lipinski definition) is 2. The van der Waals surface area contributed by atoms with Crippen molar-refractivity contribution in [2.45, 2.75) is 6.92 Å². The first-order chi connectivity index (χ1) is 5.97. The molecule has 0 rings (SSSR count). The van der Waals surface area contributed by atoms with Crippen LogP contribution in [-0.2, 0) is 4.79 Å². The average molecular weight is 187 g/mol. The quantitative estimate of drug-likeness (QED) is 0.267. The van der Waals surface area contributed by atoms with Gasteiger partial charge in [0.25, 0.3) is 5.91 Å². The molecule has 0 aromatic rings. The topological polar surface area (TPSA) is 119 Å². The number of nitrogens with zero attached hydrogens (tertiary/aromatic N) is 2. The van der Waals surface area contributed by atoms with Crippen molar-refractivity contribution < 1.29 is 14.9 Å². The van der Waals surface area contributed by atoms with E-state index in [1.807, 2.05) is 0 Å². The van der Waals surface area contributed by atoms with Crippen LogP contribution in [0.25, 0.3) is 0 Å². The van der Waals surface area contributed by atoms with Gasteiger partial charge in [0.15, 0.2) is 5.71 Å². The molecular formula is C6H9N3O4. The van der Waals surface area contributed by atoms with Crippen molar-refractivity contribution in [3.8, 4) is 0 Å². The second-order valence-corrected chi connectivity index (χ2v) is 2.33. The summed E-state index contributed by atoms with van der Waals surface area (Å²) in [5.41, 5.74) is 4.65. The Morgan fingerprint density at radius 2 is 2.31 bits per heavy atom. The summed E-state index contributed by atoms with van der Waals surface area (Å²) < 4.78 is 0. The minimum Gasteiger partial charge on any atom is -0.410 e. The van der Waals surface area contributed by atoms with Crippen molar-refractivity contribution in [3.63, 3.8) is 0 Å². The number of rotatable bonds is 4. The highest BCUT2D eigenvalue weighted by Gasteiger charge is 2.07. The Labute approximate surface area is 73.7 Å². The molecule has 0 heterocycles. The molecule has 1 amide bonds. The fraction of sp³-hybridized carbons (Fsp3) is 0.333. The van der Waals surface area contributed by atoms with Crippen LogP contribution in [0.15, 0.2) is 16.8 Å². The fourth-order valence-electron chi connectivity index (χ4n) is 0.632. The van der Waals surface area contributed by atoms with Gasteiger partial charge in [-0.2, -0.15) is 0 Å². The first-order valence-corrected chi connectivity index (χ1v) is 3.28. The lowest BCUT2D eigenvalue weighted by molar-refractivity contribution is -0.470. The minimum absolute atomic E-state index is 0.275. The molecule has 0 bridgehead atoms. The molecule has 0 saturated carbocycles. The first kappa shape index (κ1) is 11.1. The van der Waals surface area contributed by atoms with Crippen LogP contribution in [0.1, 0.15) is 6.92 Å². The summed E-state index contributed by atoms with van der Waals surface area (Å²) in [5, 5.41) is 20.8. The predicted molar refractivity (Wildman–Crippen MR) is 44.0 cm³/mol. The average Bonchev–Trinajstić information content (AvgIpc) is 1.98. The zero-order valence-electron chi connectivity index (χ0n) is 6.93. The van der Waals surface area contributed by atoms with E-state index in [4.69, 9.17) is 10.9 Å². The van der Waals surface area contributed by atoms with E-state index in [0.717, 1.165) is 6.08 Å². The molecule has 0 saturated heterocycles. The standard InChI is InChI=1S/C6H9N3O4/c1-4(3-9(12)13)2-5(8-11)6(7)10/h2,11H,3H2,1H3,(H2,7,10). The molecule has 13 heavy (non-hydrogen) atoms. The van der Waals surface area contributed by atoms with Gasteiger partial charge in [-0.05, 0) is 18.6 Å². The summed E-state index contributed by atoms with van der Waals surface area (Å²) in [6.07, 6.45) is 1.06. The van der Waals surface area contributed by atoms with Gasteiger partial charge in [-0.1, -0.05) is 5.16 Å². The largest absolute Gasteiger partial charge is 0.410 e. The number of hydrogen-bond acceptors (Lipinski definition) is 5. The van der Waals surface area contributed by atoms with Crippen LogP contribution in [0.5, 0.6) is 0 Å². The molecule has 3 N–H and O–H groups in total. The maximum absolute atomic E-state index is 10.5. The van der Waals surface area contributed by atoms with Crippen molar-refractivity contribution >= 4 is 11.6 Å². The minimum atomic E-state index is -0.940. The number of carbonyl (C=O) groups excluding carboxylic acids is 1. The molecule has 0 aliphatic heterocycles. The summed E-state index contributed by atoms with van der Waals surface area (Å²) >= 11 is 0. The smallest absolute Gasteiger partial charge is 0.270 e. The van der Waals surface area contributed by atoms with E-state index in [9.17, 15) is 14.9 Å². The van der Waals surface area contributed by atoms with E-state index in [0.29, 0.717) is 0 Å². The third kappa shape index (κ3) is 4.51. The van der Waals surface area contributed by atoms with E-state index in [1.165, 1.54) is 6.92 Å². The fourth-order valence-corrected chi connectivity index (χ4v) is 0.632. The lowest BCUT2D eigenvalue weighted by atomic mass is 10.2. The molecule has 0 unspecified atom stereocenters. The van der Waals surface area contributed by atoms with Crippen LogP contribution in [0, 0.1) is 10.1 Å². The van der Waals surface area contributed by atoms with E-state index in [2.05, 4.69) is 5.16 Å². The maximum atomic E-state index is 10.5. The Morgan fingerprint density at radius 3 is 2.62 bits per heavy atom. The maximum Gasteiger partial charge on any atom is 0.270 e. The lowest BCUT2D eigenvalue weighted by Gasteiger charge is -1.94. The van der Waals surface area contributed by atoms with Gasteiger partial charge in [0.05, 0.1) is 0 Å². The summed E-state index contributed by atoms with van der Waals surface area (Å²) in [4.78, 5) is 19.9. The molecule has 0 spiro atoms. The molecule has 0 aromatic heterocycles. The van der Waals surface area contributed by atoms with Crippen LogP contribution in [0.4, 0.5) is 0 Å². The van der Waals surface area contributed by atoms with E-state index in [1.54, 1.807) is 0 Å². The molecular weight excluding hydrogens is 178 g/mol. The Kier molecular flexibility index (Phi) is 4.14. The van der Waals surface area contributed by atoms with E-state index in [-0.39, 0.29) is 5.57 Å². The molecule has 0 aromatic carbocycles. The second kappa shape index (κ2) is 4.86. The Balaban J connectivity index is 4.53. The zero-order valence-corrected chi connectivity index (χ0v) is 6.93. The van der Waals surface area contributed by atoms with Gasteiger partial charge < -0.3 is 10.9 Å². The SMILES string of the molecule is CC(=CC(=NO)C(N)=O)C[N+](=O)[O-]. The van der Waals surface area contributed by atoms with E-state index >= 15 is 0 Å². The summed E-state index contributed by atoms with van der Waals surface area (Å²) in [6.45, 7) is 1.00. The van der Waals surface area contributed by atoms with Gasteiger partial charge in [-0.25, -0.2) is 0 Å². The number of nitro groups is 1. The summed E-state index contributed by atoms with van der Waals surface area (Å²) in [6, 6.07) is 0. The Hall–Kier alpha value is -1.92. The van der Waals surface area contributed by atoms with Crippen molar-refractivity contribution in [1.29, 1.82) is 0 Å². The van der Waals surface area contributed by atoms with Crippen molar-refractivity contribution in [1.82, 2.24) is 0 Å². The number of nitrogens with two attached hydrogens (primary N) is 1. The third-order valence-corrected chi connectivity index (χ3v) is 1.12. The normalized spacial score (nSPS) is 12.7. The second-order valence-electron chi connectivity index (χ2n) is 2.33. The van der Waals surface area contributed by atoms with Crippen LogP contribution in [-0.4, -0.2) is 28.3 Å². The lowest BCUT2D eigenvalue weighted by Crippen LogP contribution is -2.22. The van der Waals surface area contributed by atoms with Crippen molar-refractivity contribution in [2.24, 2.45) is 10.9 Å². The monoisotopic (exact) mass is 187 g/mol. The van der Waals surface area contributed by atoms with Crippen LogP contribution in [0.2, 0.25) is 0 Å². The van der Waals surface area contributed by atoms with Gasteiger partial charge in [0.2, 0.25) is 6.54 Å². The van der Waals surface area contributed by atoms with Gasteiger partial charge in [0, 0.05) is 4.92 Å². The zero-order chi connectivity index (χ0) is 10.4. The number of oxime groups is 1. The molecule has 72 valence electrons. The van der Waals surface area contributed by atoms with Crippen LogP contribution >= 0.6 is 0 Å². The van der Waals surface area contributed by atoms with Crippen molar-refractivity contribution in [2.75, 3.05) is 6.54 Å².